The number of hydrogen-bond donors (Lipinski definition) is 0. The molecule has 28 heavy (non-hydrogen) atoms. The molecule has 150 valence electrons. The zero-order chi connectivity index (χ0) is 18.6. The second kappa shape index (κ2) is 9.95. The minimum absolute atomic E-state index is 0. The van der Waals surface area contributed by atoms with E-state index in [2.05, 4.69) is 57.2 Å². The van der Waals surface area contributed by atoms with Crippen molar-refractivity contribution in [2.45, 2.75) is 25.7 Å². The smallest absolute Gasteiger partial charge is 0.119 e. The van der Waals surface area contributed by atoms with Crippen LogP contribution in [0.5, 0.6) is 11.5 Å². The number of hydrogen-bond acceptors (Lipinski definition) is 3. The van der Waals surface area contributed by atoms with E-state index in [-0.39, 0.29) is 17.0 Å². The molecule has 0 amide bonds. The van der Waals surface area contributed by atoms with Crippen LogP contribution in [0.4, 0.5) is 0 Å². The SMILES string of the molecule is Br.COc1ccc2c(c1)CCC(Br)=C2c1ccc(OCCN2CCCC2)cc1. The normalized spacial score (nSPS) is 16.5. The Balaban J connectivity index is 0.00000225. The zero-order valence-electron chi connectivity index (χ0n) is 16.2. The molecule has 5 heteroatoms. The molecule has 2 aromatic carbocycles. The van der Waals surface area contributed by atoms with E-state index in [9.17, 15) is 0 Å². The number of methoxy groups -OCH3 is 1. The van der Waals surface area contributed by atoms with Gasteiger partial charge < -0.3 is 9.47 Å². The Morgan fingerprint density at radius 2 is 1.68 bits per heavy atom. The van der Waals surface area contributed by atoms with Gasteiger partial charge in [0.25, 0.3) is 0 Å². The molecule has 0 unspecified atom stereocenters. The van der Waals surface area contributed by atoms with Gasteiger partial charge in [0, 0.05) is 11.0 Å². The minimum Gasteiger partial charge on any atom is -0.497 e. The number of fused-ring (bicyclic) bond motifs is 1. The molecule has 3 nitrogen and oxygen atoms in total. The van der Waals surface area contributed by atoms with Crippen LogP contribution in [0.25, 0.3) is 5.57 Å². The summed E-state index contributed by atoms with van der Waals surface area (Å²) in [5, 5.41) is 0. The second-order valence-corrected chi connectivity index (χ2v) is 8.18. The van der Waals surface area contributed by atoms with Gasteiger partial charge >= 0.3 is 0 Å². The zero-order valence-corrected chi connectivity index (χ0v) is 19.5. The Hall–Kier alpha value is -1.30. The van der Waals surface area contributed by atoms with Crippen molar-refractivity contribution in [2.75, 3.05) is 33.4 Å². The van der Waals surface area contributed by atoms with Crippen LogP contribution in [0.1, 0.15) is 36.0 Å². The van der Waals surface area contributed by atoms with Gasteiger partial charge in [-0.3, -0.25) is 4.90 Å². The first-order valence-electron chi connectivity index (χ1n) is 9.76. The molecule has 0 N–H and O–H groups in total. The van der Waals surface area contributed by atoms with Crippen LogP contribution in [0, 0.1) is 0 Å². The van der Waals surface area contributed by atoms with Crippen molar-refractivity contribution in [2.24, 2.45) is 0 Å². The molecule has 1 fully saturated rings. The van der Waals surface area contributed by atoms with Gasteiger partial charge in [0.15, 0.2) is 0 Å². The lowest BCUT2D eigenvalue weighted by molar-refractivity contribution is 0.238. The first-order chi connectivity index (χ1) is 13.2. The third-order valence-corrected chi connectivity index (χ3v) is 6.28. The molecule has 0 aromatic heterocycles. The van der Waals surface area contributed by atoms with Crippen molar-refractivity contribution in [3.8, 4) is 11.5 Å². The van der Waals surface area contributed by atoms with E-state index in [4.69, 9.17) is 9.47 Å². The highest BCUT2D eigenvalue weighted by molar-refractivity contribution is 9.11. The number of ether oxygens (including phenoxy) is 2. The summed E-state index contributed by atoms with van der Waals surface area (Å²) >= 11 is 3.81. The van der Waals surface area contributed by atoms with Gasteiger partial charge in [-0.1, -0.05) is 34.1 Å². The average molecular weight is 509 g/mol. The molecule has 1 aliphatic heterocycles. The summed E-state index contributed by atoms with van der Waals surface area (Å²) in [6.07, 6.45) is 4.70. The monoisotopic (exact) mass is 507 g/mol. The third kappa shape index (κ3) is 4.81. The predicted molar refractivity (Wildman–Crippen MR) is 124 cm³/mol. The van der Waals surface area contributed by atoms with Crippen molar-refractivity contribution in [3.63, 3.8) is 0 Å². The highest BCUT2D eigenvalue weighted by atomic mass is 79.9. The van der Waals surface area contributed by atoms with Crippen molar-refractivity contribution in [3.05, 3.63) is 63.6 Å². The average Bonchev–Trinajstić information content (AvgIpc) is 3.22. The molecule has 2 aliphatic rings. The van der Waals surface area contributed by atoms with Crippen LogP contribution in [0.2, 0.25) is 0 Å². The number of aryl methyl sites for hydroxylation is 1. The third-order valence-electron chi connectivity index (χ3n) is 5.48. The molecule has 0 radical (unpaired) electrons. The Labute approximate surface area is 186 Å². The summed E-state index contributed by atoms with van der Waals surface area (Å²) in [6.45, 7) is 4.21. The van der Waals surface area contributed by atoms with E-state index in [0.29, 0.717) is 0 Å². The van der Waals surface area contributed by atoms with Gasteiger partial charge in [0.1, 0.15) is 18.1 Å². The maximum absolute atomic E-state index is 5.95. The molecular weight excluding hydrogens is 482 g/mol. The van der Waals surface area contributed by atoms with Crippen LogP contribution in [-0.4, -0.2) is 38.3 Å². The summed E-state index contributed by atoms with van der Waals surface area (Å²) < 4.78 is 12.6. The van der Waals surface area contributed by atoms with E-state index in [1.807, 2.05) is 6.07 Å². The maximum Gasteiger partial charge on any atom is 0.119 e. The van der Waals surface area contributed by atoms with Crippen LogP contribution in [0.15, 0.2) is 46.9 Å². The lowest BCUT2D eigenvalue weighted by Crippen LogP contribution is -2.25. The molecule has 0 saturated carbocycles. The van der Waals surface area contributed by atoms with Gasteiger partial charge in [-0.15, -0.1) is 17.0 Å². The number of rotatable bonds is 6. The largest absolute Gasteiger partial charge is 0.497 e. The summed E-state index contributed by atoms with van der Waals surface area (Å²) in [5.74, 6) is 1.87. The number of halogens is 2. The second-order valence-electron chi connectivity index (χ2n) is 7.22. The fourth-order valence-corrected chi connectivity index (χ4v) is 4.63. The van der Waals surface area contributed by atoms with E-state index in [1.54, 1.807) is 7.11 Å². The molecule has 2 aromatic rings. The number of allylic oxidation sites excluding steroid dienone is 1. The van der Waals surface area contributed by atoms with E-state index in [0.717, 1.165) is 37.5 Å². The molecule has 0 bridgehead atoms. The quantitative estimate of drug-likeness (QED) is 0.488. The van der Waals surface area contributed by atoms with Crippen LogP contribution in [-0.2, 0) is 6.42 Å². The molecular formula is C23H27Br2NO2. The van der Waals surface area contributed by atoms with Gasteiger partial charge in [0.2, 0.25) is 0 Å². The fourth-order valence-electron chi connectivity index (χ4n) is 3.99. The number of benzene rings is 2. The lowest BCUT2D eigenvalue weighted by atomic mass is 9.87. The topological polar surface area (TPSA) is 21.7 Å². The predicted octanol–water partition coefficient (Wildman–Crippen LogP) is 5.85. The Kier molecular flexibility index (Phi) is 7.61. The summed E-state index contributed by atoms with van der Waals surface area (Å²) in [4.78, 5) is 2.48. The summed E-state index contributed by atoms with van der Waals surface area (Å²) in [6, 6.07) is 14.9. The Morgan fingerprint density at radius 1 is 0.964 bits per heavy atom. The molecule has 0 atom stereocenters. The highest BCUT2D eigenvalue weighted by Crippen LogP contribution is 2.40. The van der Waals surface area contributed by atoms with E-state index >= 15 is 0 Å². The maximum atomic E-state index is 5.95. The standard InChI is InChI=1S/C23H26BrNO2.BrH/c1-26-20-9-10-21-18(16-20)6-11-22(24)23(21)17-4-7-19(8-5-17)27-15-14-25-12-2-3-13-25;/h4-5,7-10,16H,2-3,6,11-15H2,1H3;1H. The highest BCUT2D eigenvalue weighted by Gasteiger charge is 2.19. The van der Waals surface area contributed by atoms with Crippen LogP contribution in [0.3, 0.4) is 0 Å². The molecule has 1 heterocycles. The fraction of sp³-hybridized carbons (Fsp3) is 0.391. The van der Waals surface area contributed by atoms with Crippen LogP contribution < -0.4 is 9.47 Å². The lowest BCUT2D eigenvalue weighted by Gasteiger charge is -2.22. The summed E-state index contributed by atoms with van der Waals surface area (Å²) in [7, 11) is 1.72. The van der Waals surface area contributed by atoms with Gasteiger partial charge in [0.05, 0.1) is 7.11 Å². The van der Waals surface area contributed by atoms with Crippen molar-refractivity contribution in [1.82, 2.24) is 4.90 Å². The molecule has 1 saturated heterocycles. The Bertz CT molecular complexity index is 827. The molecule has 1 aliphatic carbocycles. The summed E-state index contributed by atoms with van der Waals surface area (Å²) in [5.41, 5.74) is 5.14. The first-order valence-corrected chi connectivity index (χ1v) is 10.6. The van der Waals surface area contributed by atoms with E-state index < -0.39 is 0 Å². The van der Waals surface area contributed by atoms with Gasteiger partial charge in [-0.2, -0.15) is 0 Å². The van der Waals surface area contributed by atoms with E-state index in [1.165, 1.54) is 52.7 Å². The van der Waals surface area contributed by atoms with Gasteiger partial charge in [-0.05, 0) is 85.3 Å². The molecule has 0 spiro atoms. The molecule has 4 rings (SSSR count). The van der Waals surface area contributed by atoms with Crippen LogP contribution >= 0.6 is 32.9 Å². The Morgan fingerprint density at radius 3 is 2.39 bits per heavy atom. The van der Waals surface area contributed by atoms with Crippen molar-refractivity contribution >= 4 is 38.5 Å². The first kappa shape index (κ1) is 21.4. The van der Waals surface area contributed by atoms with Gasteiger partial charge in [-0.25, -0.2) is 0 Å². The number of nitrogens with zero attached hydrogens (tertiary/aromatic N) is 1. The van der Waals surface area contributed by atoms with Crippen molar-refractivity contribution < 1.29 is 9.47 Å². The van der Waals surface area contributed by atoms with Crippen molar-refractivity contribution in [1.29, 1.82) is 0 Å². The minimum atomic E-state index is 0. The number of likely N-dealkylation sites (tertiary alicyclic amines) is 1.